The molecular weight excluding hydrogens is 430 g/mol. The molecule has 0 saturated carbocycles. The summed E-state index contributed by atoms with van der Waals surface area (Å²) in [7, 11) is 4.05. The summed E-state index contributed by atoms with van der Waals surface area (Å²) in [5.41, 5.74) is 6.07. The molecule has 8 nitrogen and oxygen atoms in total. The quantitative estimate of drug-likeness (QED) is 0.427. The molecule has 0 radical (unpaired) electrons. The minimum absolute atomic E-state index is 0.0658. The first-order valence-corrected chi connectivity index (χ1v) is 11.3. The van der Waals surface area contributed by atoms with E-state index < -0.39 is 0 Å². The number of imidazole rings is 1. The van der Waals surface area contributed by atoms with Crippen LogP contribution in [0.5, 0.6) is 5.75 Å². The molecule has 4 aromatic rings. The summed E-state index contributed by atoms with van der Waals surface area (Å²) in [6.45, 7) is 2.35. The lowest BCUT2D eigenvalue weighted by Gasteiger charge is -2.20. The number of aromatic nitrogens is 3. The van der Waals surface area contributed by atoms with Crippen LogP contribution >= 0.6 is 0 Å². The number of fused-ring (bicyclic) bond motifs is 2. The van der Waals surface area contributed by atoms with Crippen molar-refractivity contribution in [2.24, 2.45) is 0 Å². The number of rotatable bonds is 7. The minimum atomic E-state index is -0.0658. The zero-order chi connectivity index (χ0) is 23.5. The Bertz CT molecular complexity index is 1310. The fourth-order valence-electron chi connectivity index (χ4n) is 4.07. The molecule has 2 aromatic carbocycles. The Morgan fingerprint density at radius 3 is 2.79 bits per heavy atom. The number of carbonyl (C=O) groups excluding carboxylic acids is 1. The van der Waals surface area contributed by atoms with Gasteiger partial charge in [-0.3, -0.25) is 14.2 Å². The Balaban J connectivity index is 1.39. The number of amides is 1. The van der Waals surface area contributed by atoms with Gasteiger partial charge >= 0.3 is 0 Å². The first kappa shape index (κ1) is 22.1. The van der Waals surface area contributed by atoms with Gasteiger partial charge in [0, 0.05) is 35.0 Å². The average Bonchev–Trinajstić information content (AvgIpc) is 3.29. The molecule has 1 N–H and O–H groups in total. The molecule has 0 unspecified atom stereocenters. The highest BCUT2D eigenvalue weighted by Gasteiger charge is 2.18. The molecule has 0 saturated heterocycles. The largest absolute Gasteiger partial charge is 0.467 e. The highest BCUT2D eigenvalue weighted by atomic mass is 16.7. The van der Waals surface area contributed by atoms with E-state index in [1.54, 1.807) is 6.20 Å². The van der Waals surface area contributed by atoms with E-state index in [0.717, 1.165) is 52.4 Å². The Labute approximate surface area is 198 Å². The number of nitrogens with zero attached hydrogens (tertiary/aromatic N) is 4. The summed E-state index contributed by atoms with van der Waals surface area (Å²) < 4.78 is 13.2. The minimum Gasteiger partial charge on any atom is -0.467 e. The van der Waals surface area contributed by atoms with Crippen LogP contribution in [0.3, 0.4) is 0 Å². The molecule has 3 heterocycles. The van der Waals surface area contributed by atoms with Gasteiger partial charge in [-0.1, -0.05) is 24.3 Å². The molecule has 1 amide bonds. The molecule has 8 heteroatoms. The second-order valence-corrected chi connectivity index (χ2v) is 8.53. The van der Waals surface area contributed by atoms with E-state index in [-0.39, 0.29) is 12.7 Å². The van der Waals surface area contributed by atoms with Crippen molar-refractivity contribution in [3.05, 3.63) is 72.2 Å². The zero-order valence-electron chi connectivity index (χ0n) is 19.3. The smallest absolute Gasteiger partial charge is 0.251 e. The summed E-state index contributed by atoms with van der Waals surface area (Å²) in [4.78, 5) is 23.6. The summed E-state index contributed by atoms with van der Waals surface area (Å²) in [6.07, 6.45) is 6.48. The van der Waals surface area contributed by atoms with Crippen LogP contribution in [0.4, 0.5) is 0 Å². The maximum Gasteiger partial charge on any atom is 0.251 e. The molecular formula is C26H27N5O3. The van der Waals surface area contributed by atoms with Crippen molar-refractivity contribution in [2.75, 3.05) is 34.0 Å². The molecule has 1 aliphatic heterocycles. The van der Waals surface area contributed by atoms with Gasteiger partial charge in [0.15, 0.2) is 12.4 Å². The van der Waals surface area contributed by atoms with E-state index >= 15 is 0 Å². The summed E-state index contributed by atoms with van der Waals surface area (Å²) in [6, 6.07) is 13.5. The molecule has 0 atom stereocenters. The van der Waals surface area contributed by atoms with Crippen LogP contribution in [0.2, 0.25) is 0 Å². The summed E-state index contributed by atoms with van der Waals surface area (Å²) >= 11 is 0. The van der Waals surface area contributed by atoms with Gasteiger partial charge in [-0.05, 0) is 45.3 Å². The van der Waals surface area contributed by atoms with Gasteiger partial charge in [0.05, 0.1) is 30.4 Å². The first-order valence-electron chi connectivity index (χ1n) is 11.3. The lowest BCUT2D eigenvalue weighted by Crippen LogP contribution is -2.27. The van der Waals surface area contributed by atoms with Crippen molar-refractivity contribution in [3.8, 4) is 28.3 Å². The van der Waals surface area contributed by atoms with Crippen LogP contribution in [-0.2, 0) is 11.3 Å². The Hall–Kier alpha value is -3.75. The fraction of sp³-hybridized carbons (Fsp3) is 0.269. The normalized spacial score (nSPS) is 13.0. The maximum absolute atomic E-state index is 12.4. The monoisotopic (exact) mass is 457 g/mol. The summed E-state index contributed by atoms with van der Waals surface area (Å²) in [5, 5.41) is 2.97. The van der Waals surface area contributed by atoms with Crippen LogP contribution in [-0.4, -0.2) is 59.2 Å². The standard InChI is InChI=1S/C26H27N5O3/c1-30(2)12-4-11-27-26(32)19-9-7-18(8-10-19)22-15-31-23(13-29-25(31)14-28-22)20-5-3-6-24-21(20)16-33-17-34-24/h3,5-10,13-15H,4,11-12,16-17H2,1-2H3,(H,27,32). The molecule has 174 valence electrons. The predicted molar refractivity (Wildman–Crippen MR) is 130 cm³/mol. The van der Waals surface area contributed by atoms with Crippen molar-refractivity contribution < 1.29 is 14.3 Å². The Morgan fingerprint density at radius 2 is 1.97 bits per heavy atom. The highest BCUT2D eigenvalue weighted by Crippen LogP contribution is 2.34. The van der Waals surface area contributed by atoms with E-state index in [9.17, 15) is 4.79 Å². The van der Waals surface area contributed by atoms with Crippen LogP contribution in [0.15, 0.2) is 61.1 Å². The molecule has 0 aliphatic carbocycles. The molecule has 34 heavy (non-hydrogen) atoms. The Kier molecular flexibility index (Phi) is 6.24. The van der Waals surface area contributed by atoms with E-state index in [2.05, 4.69) is 20.2 Å². The van der Waals surface area contributed by atoms with Gasteiger partial charge in [-0.25, -0.2) is 4.98 Å². The first-order chi connectivity index (χ1) is 16.6. The second kappa shape index (κ2) is 9.62. The van der Waals surface area contributed by atoms with Gasteiger partial charge < -0.3 is 19.7 Å². The Morgan fingerprint density at radius 1 is 1.12 bits per heavy atom. The van der Waals surface area contributed by atoms with E-state index in [0.29, 0.717) is 18.7 Å². The van der Waals surface area contributed by atoms with Crippen molar-refractivity contribution in [1.82, 2.24) is 24.6 Å². The highest BCUT2D eigenvalue weighted by molar-refractivity contribution is 5.94. The van der Waals surface area contributed by atoms with Gasteiger partial charge in [0.1, 0.15) is 5.75 Å². The van der Waals surface area contributed by atoms with Crippen LogP contribution in [0, 0.1) is 0 Å². The predicted octanol–water partition coefficient (Wildman–Crippen LogP) is 3.61. The van der Waals surface area contributed by atoms with Gasteiger partial charge in [0.25, 0.3) is 5.91 Å². The number of nitrogens with one attached hydrogen (secondary N) is 1. The third-order valence-corrected chi connectivity index (χ3v) is 5.86. The number of carbonyl (C=O) groups is 1. The summed E-state index contributed by atoms with van der Waals surface area (Å²) in [5.74, 6) is 0.771. The van der Waals surface area contributed by atoms with Crippen LogP contribution in [0.1, 0.15) is 22.3 Å². The van der Waals surface area contributed by atoms with Gasteiger partial charge in [-0.15, -0.1) is 0 Å². The zero-order valence-corrected chi connectivity index (χ0v) is 19.3. The SMILES string of the molecule is CN(C)CCCNC(=O)c1ccc(-c2cn3c(-c4cccc5c4COCO5)cnc3cn2)cc1. The van der Waals surface area contributed by atoms with Crippen LogP contribution < -0.4 is 10.1 Å². The number of hydrogen-bond acceptors (Lipinski definition) is 6. The fourth-order valence-corrected chi connectivity index (χ4v) is 4.07. The number of ether oxygens (including phenoxy) is 2. The average molecular weight is 458 g/mol. The lowest BCUT2D eigenvalue weighted by molar-refractivity contribution is -0.0160. The number of hydrogen-bond donors (Lipinski definition) is 1. The second-order valence-electron chi connectivity index (χ2n) is 8.53. The van der Waals surface area contributed by atoms with E-state index in [1.165, 1.54) is 0 Å². The third kappa shape index (κ3) is 4.50. The molecule has 2 aromatic heterocycles. The molecule has 0 bridgehead atoms. The topological polar surface area (TPSA) is 81.0 Å². The van der Waals surface area contributed by atoms with Crippen molar-refractivity contribution >= 4 is 11.6 Å². The molecule has 0 fully saturated rings. The number of benzene rings is 2. The van der Waals surface area contributed by atoms with Crippen molar-refractivity contribution in [1.29, 1.82) is 0 Å². The van der Waals surface area contributed by atoms with E-state index in [1.807, 2.05) is 73.4 Å². The third-order valence-electron chi connectivity index (χ3n) is 5.86. The maximum atomic E-state index is 12.4. The van der Waals surface area contributed by atoms with Crippen molar-refractivity contribution in [2.45, 2.75) is 13.0 Å². The van der Waals surface area contributed by atoms with Crippen LogP contribution in [0.25, 0.3) is 28.2 Å². The van der Waals surface area contributed by atoms with E-state index in [4.69, 9.17) is 9.47 Å². The molecule has 0 spiro atoms. The van der Waals surface area contributed by atoms with Gasteiger partial charge in [-0.2, -0.15) is 0 Å². The lowest BCUT2D eigenvalue weighted by atomic mass is 10.0. The van der Waals surface area contributed by atoms with Crippen molar-refractivity contribution in [3.63, 3.8) is 0 Å². The molecule has 5 rings (SSSR count). The van der Waals surface area contributed by atoms with Gasteiger partial charge in [0.2, 0.25) is 0 Å². The molecule has 1 aliphatic rings.